The van der Waals surface area contributed by atoms with E-state index in [1.54, 1.807) is 12.1 Å². The largest absolute Gasteiger partial charge is 0.508 e. The van der Waals surface area contributed by atoms with E-state index >= 15 is 0 Å². The van der Waals surface area contributed by atoms with E-state index in [0.29, 0.717) is 11.8 Å². The second-order valence-electron chi connectivity index (χ2n) is 6.02. The van der Waals surface area contributed by atoms with E-state index in [-0.39, 0.29) is 0 Å². The SMILES string of the molecule is CCN(CC1CCCNC1)C(C)Cc1ccc(O)cc1. The topological polar surface area (TPSA) is 35.5 Å². The Labute approximate surface area is 123 Å². The van der Waals surface area contributed by atoms with Crippen molar-refractivity contribution in [1.82, 2.24) is 10.2 Å². The van der Waals surface area contributed by atoms with Crippen molar-refractivity contribution in [1.29, 1.82) is 0 Å². The quantitative estimate of drug-likeness (QED) is 0.838. The first-order valence-corrected chi connectivity index (χ1v) is 7.91. The van der Waals surface area contributed by atoms with E-state index in [9.17, 15) is 5.11 Å². The maximum Gasteiger partial charge on any atom is 0.115 e. The Hall–Kier alpha value is -1.06. The van der Waals surface area contributed by atoms with Crippen LogP contribution in [0.1, 0.15) is 32.3 Å². The summed E-state index contributed by atoms with van der Waals surface area (Å²) in [4.78, 5) is 2.59. The molecule has 1 aromatic rings. The van der Waals surface area contributed by atoms with Crippen LogP contribution in [0.5, 0.6) is 5.75 Å². The Morgan fingerprint density at radius 1 is 1.35 bits per heavy atom. The molecule has 3 heteroatoms. The molecular formula is C17H28N2O. The predicted octanol–water partition coefficient (Wildman–Crippen LogP) is 2.64. The molecule has 1 saturated heterocycles. The van der Waals surface area contributed by atoms with Crippen LogP contribution in [0, 0.1) is 5.92 Å². The van der Waals surface area contributed by atoms with Crippen LogP contribution in [0.2, 0.25) is 0 Å². The van der Waals surface area contributed by atoms with Gasteiger partial charge in [-0.15, -0.1) is 0 Å². The third-order valence-corrected chi connectivity index (χ3v) is 4.39. The molecule has 2 rings (SSSR count). The minimum absolute atomic E-state index is 0.349. The second kappa shape index (κ2) is 7.65. The van der Waals surface area contributed by atoms with Gasteiger partial charge in [0.05, 0.1) is 0 Å². The molecule has 2 unspecified atom stereocenters. The lowest BCUT2D eigenvalue weighted by Crippen LogP contribution is -2.42. The molecule has 0 bridgehead atoms. The summed E-state index contributed by atoms with van der Waals surface area (Å²) >= 11 is 0. The van der Waals surface area contributed by atoms with Gasteiger partial charge in [-0.1, -0.05) is 19.1 Å². The molecule has 2 N–H and O–H groups in total. The number of nitrogens with one attached hydrogen (secondary N) is 1. The van der Waals surface area contributed by atoms with Gasteiger partial charge in [0, 0.05) is 12.6 Å². The molecule has 0 spiro atoms. The van der Waals surface area contributed by atoms with E-state index < -0.39 is 0 Å². The average Bonchev–Trinajstić information content (AvgIpc) is 2.48. The van der Waals surface area contributed by atoms with Gasteiger partial charge in [0.2, 0.25) is 0 Å². The fraction of sp³-hybridized carbons (Fsp3) is 0.647. The van der Waals surface area contributed by atoms with Crippen molar-refractivity contribution < 1.29 is 5.11 Å². The first-order chi connectivity index (χ1) is 9.69. The number of phenols is 1. The summed E-state index contributed by atoms with van der Waals surface area (Å²) in [5, 5.41) is 12.8. The normalized spacial score (nSPS) is 21.1. The Kier molecular flexibility index (Phi) is 5.86. The number of piperidine rings is 1. The van der Waals surface area contributed by atoms with Crippen molar-refractivity contribution >= 4 is 0 Å². The average molecular weight is 276 g/mol. The van der Waals surface area contributed by atoms with Crippen LogP contribution in [0.4, 0.5) is 0 Å². The highest BCUT2D eigenvalue weighted by Crippen LogP contribution is 2.17. The monoisotopic (exact) mass is 276 g/mol. The van der Waals surface area contributed by atoms with Crippen molar-refractivity contribution in [3.63, 3.8) is 0 Å². The van der Waals surface area contributed by atoms with Gasteiger partial charge in [0.15, 0.2) is 0 Å². The molecule has 3 nitrogen and oxygen atoms in total. The second-order valence-corrected chi connectivity index (χ2v) is 6.02. The zero-order valence-corrected chi connectivity index (χ0v) is 12.8. The fourth-order valence-corrected chi connectivity index (χ4v) is 3.13. The van der Waals surface area contributed by atoms with E-state index in [2.05, 4.69) is 24.1 Å². The third-order valence-electron chi connectivity index (χ3n) is 4.39. The molecule has 20 heavy (non-hydrogen) atoms. The summed E-state index contributed by atoms with van der Waals surface area (Å²) in [6, 6.07) is 8.17. The number of likely N-dealkylation sites (N-methyl/N-ethyl adjacent to an activating group) is 1. The molecule has 112 valence electrons. The summed E-state index contributed by atoms with van der Waals surface area (Å²) in [6.45, 7) is 9.23. The van der Waals surface area contributed by atoms with Crippen LogP contribution in [0.3, 0.4) is 0 Å². The van der Waals surface area contributed by atoms with Gasteiger partial charge in [-0.2, -0.15) is 0 Å². The number of rotatable bonds is 6. The molecule has 0 aliphatic carbocycles. The molecular weight excluding hydrogens is 248 g/mol. The molecule has 1 aliphatic rings. The number of nitrogens with zero attached hydrogens (tertiary/aromatic N) is 1. The van der Waals surface area contributed by atoms with Crippen molar-refractivity contribution in [3.8, 4) is 5.75 Å². The van der Waals surface area contributed by atoms with Crippen LogP contribution >= 0.6 is 0 Å². The molecule has 2 atom stereocenters. The maximum atomic E-state index is 9.35. The van der Waals surface area contributed by atoms with Crippen LogP contribution in [-0.2, 0) is 6.42 Å². The highest BCUT2D eigenvalue weighted by molar-refractivity contribution is 5.26. The standard InChI is InChI=1S/C17H28N2O/c1-3-19(13-16-5-4-10-18-12-16)14(2)11-15-6-8-17(20)9-7-15/h6-9,14,16,18,20H,3-5,10-13H2,1-2H3. The molecule has 0 aromatic heterocycles. The minimum Gasteiger partial charge on any atom is -0.508 e. The van der Waals surface area contributed by atoms with Gasteiger partial charge in [-0.25, -0.2) is 0 Å². The summed E-state index contributed by atoms with van der Waals surface area (Å²) in [5.74, 6) is 1.15. The van der Waals surface area contributed by atoms with Crippen LogP contribution in [0.15, 0.2) is 24.3 Å². The Morgan fingerprint density at radius 3 is 2.70 bits per heavy atom. The number of hydrogen-bond acceptors (Lipinski definition) is 3. The molecule has 1 aromatic carbocycles. The van der Waals surface area contributed by atoms with Crippen LogP contribution < -0.4 is 5.32 Å². The van der Waals surface area contributed by atoms with E-state index in [1.165, 1.54) is 38.0 Å². The molecule has 1 heterocycles. The predicted molar refractivity (Wildman–Crippen MR) is 84.1 cm³/mol. The third kappa shape index (κ3) is 4.50. The van der Waals surface area contributed by atoms with Crippen molar-refractivity contribution in [2.75, 3.05) is 26.2 Å². The summed E-state index contributed by atoms with van der Waals surface area (Å²) in [6.07, 6.45) is 3.72. The first-order valence-electron chi connectivity index (χ1n) is 7.91. The maximum absolute atomic E-state index is 9.35. The highest BCUT2D eigenvalue weighted by atomic mass is 16.3. The molecule has 1 aliphatic heterocycles. The number of benzene rings is 1. The molecule has 0 saturated carbocycles. The lowest BCUT2D eigenvalue weighted by Gasteiger charge is -2.33. The smallest absolute Gasteiger partial charge is 0.115 e. The lowest BCUT2D eigenvalue weighted by atomic mass is 9.97. The van der Waals surface area contributed by atoms with E-state index in [1.807, 2.05) is 12.1 Å². The summed E-state index contributed by atoms with van der Waals surface area (Å²) in [7, 11) is 0. The number of aromatic hydroxyl groups is 1. The van der Waals surface area contributed by atoms with Gasteiger partial charge in [-0.3, -0.25) is 0 Å². The van der Waals surface area contributed by atoms with Crippen LogP contribution in [0.25, 0.3) is 0 Å². The summed E-state index contributed by atoms with van der Waals surface area (Å²) < 4.78 is 0. The van der Waals surface area contributed by atoms with Gasteiger partial charge < -0.3 is 15.3 Å². The lowest BCUT2D eigenvalue weighted by molar-refractivity contribution is 0.169. The van der Waals surface area contributed by atoms with E-state index in [4.69, 9.17) is 0 Å². The Morgan fingerprint density at radius 2 is 2.10 bits per heavy atom. The molecule has 0 radical (unpaired) electrons. The Balaban J connectivity index is 1.87. The fourth-order valence-electron chi connectivity index (χ4n) is 3.13. The van der Waals surface area contributed by atoms with Crippen molar-refractivity contribution in [3.05, 3.63) is 29.8 Å². The van der Waals surface area contributed by atoms with Gasteiger partial charge in [0.25, 0.3) is 0 Å². The van der Waals surface area contributed by atoms with Gasteiger partial charge in [-0.05, 0) is 69.4 Å². The number of phenolic OH excluding ortho intramolecular Hbond substituents is 1. The van der Waals surface area contributed by atoms with Crippen LogP contribution in [-0.4, -0.2) is 42.2 Å². The molecule has 0 amide bonds. The zero-order chi connectivity index (χ0) is 14.4. The van der Waals surface area contributed by atoms with Crippen molar-refractivity contribution in [2.24, 2.45) is 5.92 Å². The Bertz CT molecular complexity index is 384. The van der Waals surface area contributed by atoms with Gasteiger partial charge in [0.1, 0.15) is 5.75 Å². The van der Waals surface area contributed by atoms with Gasteiger partial charge >= 0.3 is 0 Å². The number of hydrogen-bond donors (Lipinski definition) is 2. The van der Waals surface area contributed by atoms with Crippen molar-refractivity contribution in [2.45, 2.75) is 39.2 Å². The first kappa shape index (κ1) is 15.3. The zero-order valence-electron chi connectivity index (χ0n) is 12.8. The minimum atomic E-state index is 0.349. The summed E-state index contributed by atoms with van der Waals surface area (Å²) in [5.41, 5.74) is 1.30. The molecule has 1 fully saturated rings. The highest BCUT2D eigenvalue weighted by Gasteiger charge is 2.19. The van der Waals surface area contributed by atoms with E-state index in [0.717, 1.165) is 18.9 Å².